The molecule has 0 spiro atoms. The van der Waals surface area contributed by atoms with Crippen LogP contribution in [0.4, 0.5) is 0 Å². The number of hydrogen-bond donors (Lipinski definition) is 1. The first kappa shape index (κ1) is 16.5. The summed E-state index contributed by atoms with van der Waals surface area (Å²) in [5, 5.41) is 3.70. The van der Waals surface area contributed by atoms with Crippen LogP contribution in [0.1, 0.15) is 44.7 Å². The number of piperidine rings is 1. The molecule has 0 bridgehead atoms. The van der Waals surface area contributed by atoms with Crippen molar-refractivity contribution in [1.82, 2.24) is 10.2 Å². The Balaban J connectivity index is 1.87. The average Bonchev–Trinajstić information content (AvgIpc) is 2.54. The predicted octanol–water partition coefficient (Wildman–Crippen LogP) is 3.23. The van der Waals surface area contributed by atoms with Crippen molar-refractivity contribution in [3.63, 3.8) is 0 Å². The van der Waals surface area contributed by atoms with Crippen molar-refractivity contribution in [1.29, 1.82) is 0 Å². The topological polar surface area (TPSA) is 24.5 Å². The minimum atomic E-state index is 0.440. The van der Waals surface area contributed by atoms with Gasteiger partial charge in [0, 0.05) is 32.3 Å². The van der Waals surface area contributed by atoms with E-state index in [-0.39, 0.29) is 0 Å². The lowest BCUT2D eigenvalue weighted by atomic mass is 10.0. The summed E-state index contributed by atoms with van der Waals surface area (Å²) in [6, 6.07) is 11.3. The second-order valence-electron chi connectivity index (χ2n) is 5.87. The molecule has 3 heteroatoms. The molecule has 2 rings (SSSR count). The van der Waals surface area contributed by atoms with Gasteiger partial charge in [0.15, 0.2) is 0 Å². The van der Waals surface area contributed by atoms with Gasteiger partial charge in [-0.2, -0.15) is 0 Å². The van der Waals surface area contributed by atoms with Gasteiger partial charge in [-0.25, -0.2) is 0 Å². The van der Waals surface area contributed by atoms with Crippen molar-refractivity contribution in [3.05, 3.63) is 35.9 Å². The number of ether oxygens (including phenoxy) is 1. The SMILES string of the molecule is CCCNC(CN1CCC(OCC)CC1)c1ccccc1. The molecule has 0 radical (unpaired) electrons. The maximum atomic E-state index is 5.74. The molecule has 118 valence electrons. The summed E-state index contributed by atoms with van der Waals surface area (Å²) < 4.78 is 5.74. The van der Waals surface area contributed by atoms with E-state index in [1.165, 1.54) is 24.8 Å². The number of likely N-dealkylation sites (tertiary alicyclic amines) is 1. The van der Waals surface area contributed by atoms with Gasteiger partial charge >= 0.3 is 0 Å². The summed E-state index contributed by atoms with van der Waals surface area (Å²) in [6.45, 7) is 9.64. The Morgan fingerprint density at radius 1 is 1.19 bits per heavy atom. The van der Waals surface area contributed by atoms with E-state index in [1.54, 1.807) is 0 Å². The van der Waals surface area contributed by atoms with Crippen molar-refractivity contribution in [2.45, 2.75) is 45.3 Å². The summed E-state index contributed by atoms with van der Waals surface area (Å²) in [6.07, 6.45) is 3.99. The zero-order valence-corrected chi connectivity index (χ0v) is 13.6. The van der Waals surface area contributed by atoms with E-state index < -0.39 is 0 Å². The van der Waals surface area contributed by atoms with Crippen LogP contribution in [0.25, 0.3) is 0 Å². The van der Waals surface area contributed by atoms with Crippen LogP contribution in [0.3, 0.4) is 0 Å². The van der Waals surface area contributed by atoms with Crippen LogP contribution in [0.15, 0.2) is 30.3 Å². The van der Waals surface area contributed by atoms with Crippen molar-refractivity contribution >= 4 is 0 Å². The summed E-state index contributed by atoms with van der Waals surface area (Å²) >= 11 is 0. The van der Waals surface area contributed by atoms with Gasteiger partial charge in [0.1, 0.15) is 0 Å². The quantitative estimate of drug-likeness (QED) is 0.795. The van der Waals surface area contributed by atoms with Gasteiger partial charge in [-0.3, -0.25) is 0 Å². The molecule has 1 heterocycles. The molecule has 1 aliphatic heterocycles. The second kappa shape index (κ2) is 9.19. The van der Waals surface area contributed by atoms with Crippen molar-refractivity contribution in [3.8, 4) is 0 Å². The first-order valence-electron chi connectivity index (χ1n) is 8.45. The molecular formula is C18H30N2O. The fraction of sp³-hybridized carbons (Fsp3) is 0.667. The molecule has 1 atom stereocenters. The zero-order valence-electron chi connectivity index (χ0n) is 13.6. The van der Waals surface area contributed by atoms with Crippen LogP contribution in [0, 0.1) is 0 Å². The maximum Gasteiger partial charge on any atom is 0.0599 e. The van der Waals surface area contributed by atoms with Gasteiger partial charge in [0.25, 0.3) is 0 Å². The van der Waals surface area contributed by atoms with Gasteiger partial charge in [-0.15, -0.1) is 0 Å². The Hall–Kier alpha value is -0.900. The molecule has 0 amide bonds. The zero-order chi connectivity index (χ0) is 14.9. The molecule has 1 N–H and O–H groups in total. The Bertz CT molecular complexity index is 374. The minimum absolute atomic E-state index is 0.440. The second-order valence-corrected chi connectivity index (χ2v) is 5.87. The van der Waals surface area contributed by atoms with Gasteiger partial charge in [0.2, 0.25) is 0 Å². The molecular weight excluding hydrogens is 260 g/mol. The highest BCUT2D eigenvalue weighted by Gasteiger charge is 2.22. The van der Waals surface area contributed by atoms with E-state index in [1.807, 2.05) is 0 Å². The first-order valence-corrected chi connectivity index (χ1v) is 8.45. The predicted molar refractivity (Wildman–Crippen MR) is 88.6 cm³/mol. The number of nitrogens with one attached hydrogen (secondary N) is 1. The van der Waals surface area contributed by atoms with E-state index in [4.69, 9.17) is 4.74 Å². The van der Waals surface area contributed by atoms with E-state index in [2.05, 4.69) is 54.4 Å². The molecule has 21 heavy (non-hydrogen) atoms. The van der Waals surface area contributed by atoms with Crippen LogP contribution in [0.2, 0.25) is 0 Å². The van der Waals surface area contributed by atoms with Gasteiger partial charge in [0.05, 0.1) is 6.10 Å². The normalized spacial score (nSPS) is 18.8. The summed E-state index contributed by atoms with van der Waals surface area (Å²) in [5.74, 6) is 0. The highest BCUT2D eigenvalue weighted by Crippen LogP contribution is 2.19. The van der Waals surface area contributed by atoms with E-state index in [9.17, 15) is 0 Å². The number of benzene rings is 1. The lowest BCUT2D eigenvalue weighted by Gasteiger charge is -2.34. The third-order valence-corrected chi connectivity index (χ3v) is 4.22. The Morgan fingerprint density at radius 3 is 2.52 bits per heavy atom. The molecule has 1 saturated heterocycles. The third kappa shape index (κ3) is 5.42. The van der Waals surface area contributed by atoms with Crippen LogP contribution in [-0.4, -0.2) is 43.8 Å². The number of hydrogen-bond acceptors (Lipinski definition) is 3. The minimum Gasteiger partial charge on any atom is -0.378 e. The molecule has 1 aliphatic rings. The van der Waals surface area contributed by atoms with Gasteiger partial charge in [-0.05, 0) is 38.3 Å². The first-order chi connectivity index (χ1) is 10.3. The lowest BCUT2D eigenvalue weighted by Crippen LogP contribution is -2.42. The van der Waals surface area contributed by atoms with Crippen molar-refractivity contribution in [2.24, 2.45) is 0 Å². The molecule has 0 saturated carbocycles. The van der Waals surface area contributed by atoms with Gasteiger partial charge in [-0.1, -0.05) is 37.3 Å². The highest BCUT2D eigenvalue weighted by molar-refractivity contribution is 5.19. The van der Waals surface area contributed by atoms with E-state index >= 15 is 0 Å². The molecule has 1 aromatic rings. The fourth-order valence-corrected chi connectivity index (χ4v) is 3.04. The molecule has 3 nitrogen and oxygen atoms in total. The van der Waals surface area contributed by atoms with Crippen molar-refractivity contribution < 1.29 is 4.74 Å². The summed E-state index contributed by atoms with van der Waals surface area (Å²) in [5.41, 5.74) is 1.40. The van der Waals surface area contributed by atoms with Gasteiger partial charge < -0.3 is 15.0 Å². The highest BCUT2D eigenvalue weighted by atomic mass is 16.5. The fourth-order valence-electron chi connectivity index (χ4n) is 3.04. The monoisotopic (exact) mass is 290 g/mol. The molecule has 1 fully saturated rings. The molecule has 0 aliphatic carbocycles. The maximum absolute atomic E-state index is 5.74. The van der Waals surface area contributed by atoms with E-state index in [0.717, 1.165) is 32.8 Å². The molecule has 1 unspecified atom stereocenters. The van der Waals surface area contributed by atoms with Crippen LogP contribution >= 0.6 is 0 Å². The van der Waals surface area contributed by atoms with Crippen molar-refractivity contribution in [2.75, 3.05) is 32.8 Å². The molecule has 0 aromatic heterocycles. The van der Waals surface area contributed by atoms with Crippen LogP contribution < -0.4 is 5.32 Å². The smallest absolute Gasteiger partial charge is 0.0599 e. The summed E-state index contributed by atoms with van der Waals surface area (Å²) in [7, 11) is 0. The average molecular weight is 290 g/mol. The molecule has 1 aromatic carbocycles. The standard InChI is InChI=1S/C18H30N2O/c1-3-12-19-18(16-8-6-5-7-9-16)15-20-13-10-17(11-14-20)21-4-2/h5-9,17-19H,3-4,10-15H2,1-2H3. The number of nitrogens with zero attached hydrogens (tertiary/aromatic N) is 1. The number of rotatable bonds is 8. The Labute approximate surface area is 129 Å². The van der Waals surface area contributed by atoms with Crippen LogP contribution in [0.5, 0.6) is 0 Å². The lowest BCUT2D eigenvalue weighted by molar-refractivity contribution is 0.0123. The Kier molecular flexibility index (Phi) is 7.20. The largest absolute Gasteiger partial charge is 0.378 e. The van der Waals surface area contributed by atoms with E-state index in [0.29, 0.717) is 12.1 Å². The van der Waals surface area contributed by atoms with Crippen LogP contribution in [-0.2, 0) is 4.74 Å². The third-order valence-electron chi connectivity index (χ3n) is 4.22. The summed E-state index contributed by atoms with van der Waals surface area (Å²) in [4.78, 5) is 2.58. The Morgan fingerprint density at radius 2 is 1.90 bits per heavy atom.